The van der Waals surface area contributed by atoms with Gasteiger partial charge in [0.2, 0.25) is 0 Å². The first kappa shape index (κ1) is 24.8. The summed E-state index contributed by atoms with van der Waals surface area (Å²) in [6.45, 7) is 8.56. The zero-order chi connectivity index (χ0) is 25.6. The standard InChI is InChI=1S/C30H33N5O2/c1-2-35-28-10-4-3-9-26(28)27-20-24(11-12-29(27)35)22-34(14-6-13-33-15-17-37-18-16-33)30(36)32-25-8-5-7-23(19-25)21-31/h3-5,7-12,19-20H,2,6,13-18,22H2,1H3,(H,32,36). The minimum absolute atomic E-state index is 0.159. The lowest BCUT2D eigenvalue weighted by atomic mass is 10.1. The monoisotopic (exact) mass is 495 g/mol. The van der Waals surface area contributed by atoms with Crippen LogP contribution in [0, 0.1) is 11.3 Å². The minimum Gasteiger partial charge on any atom is -0.379 e. The maximum Gasteiger partial charge on any atom is 0.322 e. The fourth-order valence-corrected chi connectivity index (χ4v) is 5.19. The summed E-state index contributed by atoms with van der Waals surface area (Å²) in [5.74, 6) is 0. The number of ether oxygens (including phenoxy) is 1. The third kappa shape index (κ3) is 5.61. The van der Waals surface area contributed by atoms with Gasteiger partial charge < -0.3 is 19.5 Å². The molecule has 0 unspecified atom stereocenters. The summed E-state index contributed by atoms with van der Waals surface area (Å²) >= 11 is 0. The van der Waals surface area contributed by atoms with Crippen LogP contribution in [0.3, 0.4) is 0 Å². The molecular formula is C30H33N5O2. The van der Waals surface area contributed by atoms with Crippen LogP contribution in [0.15, 0.2) is 66.7 Å². The second-order valence-electron chi connectivity index (χ2n) is 9.46. The second kappa shape index (κ2) is 11.5. The molecule has 0 atom stereocenters. The van der Waals surface area contributed by atoms with Gasteiger partial charge in [-0.15, -0.1) is 0 Å². The van der Waals surface area contributed by atoms with Gasteiger partial charge in [0, 0.05) is 66.8 Å². The molecule has 1 aliphatic rings. The summed E-state index contributed by atoms with van der Waals surface area (Å²) in [4.78, 5) is 17.7. The number of fused-ring (bicyclic) bond motifs is 3. The van der Waals surface area contributed by atoms with Crippen LogP contribution in [0.4, 0.5) is 10.5 Å². The molecule has 7 nitrogen and oxygen atoms in total. The van der Waals surface area contributed by atoms with E-state index in [1.807, 2.05) is 11.0 Å². The third-order valence-electron chi connectivity index (χ3n) is 7.06. The first-order chi connectivity index (χ1) is 18.2. The fourth-order valence-electron chi connectivity index (χ4n) is 5.19. The van der Waals surface area contributed by atoms with Crippen LogP contribution < -0.4 is 5.32 Å². The van der Waals surface area contributed by atoms with E-state index in [0.717, 1.165) is 51.4 Å². The Morgan fingerprint density at radius 3 is 2.65 bits per heavy atom. The Morgan fingerprint density at radius 1 is 1.03 bits per heavy atom. The summed E-state index contributed by atoms with van der Waals surface area (Å²) in [6.07, 6.45) is 0.878. The van der Waals surface area contributed by atoms with E-state index < -0.39 is 0 Å². The van der Waals surface area contributed by atoms with E-state index in [4.69, 9.17) is 4.74 Å². The maximum absolute atomic E-state index is 13.4. The SMILES string of the molecule is CCn1c2ccccc2c2cc(CN(CCCN3CCOCC3)C(=O)Nc3cccc(C#N)c3)ccc21. The molecule has 0 spiro atoms. The number of para-hydroxylation sites is 1. The molecule has 0 bridgehead atoms. The predicted octanol–water partition coefficient (Wildman–Crippen LogP) is 5.44. The van der Waals surface area contributed by atoms with Crippen LogP contribution in [0.5, 0.6) is 0 Å². The second-order valence-corrected chi connectivity index (χ2v) is 9.46. The topological polar surface area (TPSA) is 73.5 Å². The molecule has 1 aliphatic heterocycles. The molecule has 37 heavy (non-hydrogen) atoms. The molecule has 1 aromatic heterocycles. The van der Waals surface area contributed by atoms with E-state index in [-0.39, 0.29) is 6.03 Å². The molecule has 1 saturated heterocycles. The molecule has 1 fully saturated rings. The van der Waals surface area contributed by atoms with Crippen molar-refractivity contribution in [2.24, 2.45) is 0 Å². The van der Waals surface area contributed by atoms with E-state index in [2.05, 4.69) is 70.2 Å². The van der Waals surface area contributed by atoms with Crippen molar-refractivity contribution in [2.45, 2.75) is 26.4 Å². The molecule has 4 aromatic rings. The van der Waals surface area contributed by atoms with Gasteiger partial charge in [-0.2, -0.15) is 5.26 Å². The first-order valence-electron chi connectivity index (χ1n) is 13.0. The van der Waals surface area contributed by atoms with Crippen molar-refractivity contribution >= 4 is 33.5 Å². The summed E-state index contributed by atoms with van der Waals surface area (Å²) in [6, 6.07) is 24.0. The zero-order valence-corrected chi connectivity index (χ0v) is 21.3. The van der Waals surface area contributed by atoms with E-state index in [1.54, 1.807) is 18.2 Å². The number of amides is 2. The van der Waals surface area contributed by atoms with E-state index in [9.17, 15) is 10.1 Å². The number of hydrogen-bond donors (Lipinski definition) is 1. The highest BCUT2D eigenvalue weighted by atomic mass is 16.5. The maximum atomic E-state index is 13.4. The number of carbonyl (C=O) groups excluding carboxylic acids is 1. The number of nitriles is 1. The van der Waals surface area contributed by atoms with Crippen molar-refractivity contribution in [3.63, 3.8) is 0 Å². The average Bonchev–Trinajstić information content (AvgIpc) is 3.26. The lowest BCUT2D eigenvalue weighted by Gasteiger charge is -2.28. The molecule has 0 saturated carbocycles. The summed E-state index contributed by atoms with van der Waals surface area (Å²) in [7, 11) is 0. The van der Waals surface area contributed by atoms with Crippen LogP contribution in [-0.4, -0.2) is 59.8 Å². The van der Waals surface area contributed by atoms with Crippen molar-refractivity contribution in [1.82, 2.24) is 14.4 Å². The number of nitrogens with one attached hydrogen (secondary N) is 1. The number of urea groups is 1. The highest BCUT2D eigenvalue weighted by molar-refractivity contribution is 6.08. The van der Waals surface area contributed by atoms with Gasteiger partial charge in [-0.25, -0.2) is 4.79 Å². The van der Waals surface area contributed by atoms with E-state index >= 15 is 0 Å². The number of carbonyl (C=O) groups is 1. The van der Waals surface area contributed by atoms with Crippen LogP contribution in [0.25, 0.3) is 21.8 Å². The Morgan fingerprint density at radius 2 is 1.84 bits per heavy atom. The predicted molar refractivity (Wildman–Crippen MR) is 148 cm³/mol. The quantitative estimate of drug-likeness (QED) is 0.353. The molecule has 2 heterocycles. The Bertz CT molecular complexity index is 1430. The number of morpholine rings is 1. The van der Waals surface area contributed by atoms with Crippen molar-refractivity contribution in [2.75, 3.05) is 44.7 Å². The van der Waals surface area contributed by atoms with Gasteiger partial charge >= 0.3 is 6.03 Å². The molecule has 1 N–H and O–H groups in total. The van der Waals surface area contributed by atoms with Gasteiger partial charge in [0.15, 0.2) is 0 Å². The smallest absolute Gasteiger partial charge is 0.322 e. The molecule has 2 amide bonds. The molecular weight excluding hydrogens is 462 g/mol. The average molecular weight is 496 g/mol. The van der Waals surface area contributed by atoms with E-state index in [0.29, 0.717) is 24.3 Å². The van der Waals surface area contributed by atoms with Crippen molar-refractivity contribution in [1.29, 1.82) is 5.26 Å². The van der Waals surface area contributed by atoms with Gasteiger partial charge in [-0.05, 0) is 55.3 Å². The highest BCUT2D eigenvalue weighted by Gasteiger charge is 2.18. The minimum atomic E-state index is -0.159. The Labute approximate surface area is 217 Å². The zero-order valence-electron chi connectivity index (χ0n) is 21.3. The molecule has 5 rings (SSSR count). The third-order valence-corrected chi connectivity index (χ3v) is 7.06. The molecule has 3 aromatic carbocycles. The number of anilines is 1. The number of aryl methyl sites for hydroxylation is 1. The van der Waals surface area contributed by atoms with Crippen LogP contribution in [0.1, 0.15) is 24.5 Å². The highest BCUT2D eigenvalue weighted by Crippen LogP contribution is 2.30. The number of hydrogen-bond acceptors (Lipinski definition) is 4. The van der Waals surface area contributed by atoms with Crippen LogP contribution >= 0.6 is 0 Å². The lowest BCUT2D eigenvalue weighted by molar-refractivity contribution is 0.0365. The molecule has 190 valence electrons. The van der Waals surface area contributed by atoms with Gasteiger partial charge in [0.05, 0.1) is 24.8 Å². The van der Waals surface area contributed by atoms with Gasteiger partial charge in [-0.1, -0.05) is 30.3 Å². The largest absolute Gasteiger partial charge is 0.379 e. The van der Waals surface area contributed by atoms with Gasteiger partial charge in [-0.3, -0.25) is 4.90 Å². The summed E-state index contributed by atoms with van der Waals surface area (Å²) in [5, 5.41) is 14.7. The van der Waals surface area contributed by atoms with E-state index in [1.165, 1.54) is 21.8 Å². The Hall–Kier alpha value is -3.86. The number of nitrogens with zero attached hydrogens (tertiary/aromatic N) is 4. The Kier molecular flexibility index (Phi) is 7.69. The van der Waals surface area contributed by atoms with Gasteiger partial charge in [0.25, 0.3) is 0 Å². The van der Waals surface area contributed by atoms with Crippen molar-refractivity contribution in [3.05, 3.63) is 77.9 Å². The van der Waals surface area contributed by atoms with Crippen LogP contribution in [0.2, 0.25) is 0 Å². The lowest BCUT2D eigenvalue weighted by Crippen LogP contribution is -2.40. The summed E-state index contributed by atoms with van der Waals surface area (Å²) in [5.41, 5.74) is 4.69. The molecule has 7 heteroatoms. The summed E-state index contributed by atoms with van der Waals surface area (Å²) < 4.78 is 7.80. The number of benzene rings is 3. The molecule has 0 radical (unpaired) electrons. The number of aromatic nitrogens is 1. The fraction of sp³-hybridized carbons (Fsp3) is 0.333. The van der Waals surface area contributed by atoms with Gasteiger partial charge in [0.1, 0.15) is 0 Å². The van der Waals surface area contributed by atoms with Crippen molar-refractivity contribution in [3.8, 4) is 6.07 Å². The molecule has 0 aliphatic carbocycles. The normalized spacial score (nSPS) is 14.1. The first-order valence-corrected chi connectivity index (χ1v) is 13.0. The Balaban J connectivity index is 1.38. The van der Waals surface area contributed by atoms with Crippen LogP contribution in [-0.2, 0) is 17.8 Å². The number of rotatable bonds is 8. The van der Waals surface area contributed by atoms with Crippen molar-refractivity contribution < 1.29 is 9.53 Å².